The molecule has 7 nitrogen and oxygen atoms in total. The lowest BCUT2D eigenvalue weighted by atomic mass is 9.36. The summed E-state index contributed by atoms with van der Waals surface area (Å²) in [5, 5.41) is 4.13. The molecule has 0 radical (unpaired) electrons. The predicted octanol–water partition coefficient (Wildman–Crippen LogP) is 6.13. The van der Waals surface area contributed by atoms with E-state index in [1.807, 2.05) is 19.1 Å². The van der Waals surface area contributed by atoms with Gasteiger partial charge in [0.25, 0.3) is 0 Å². The minimum atomic E-state index is -0.790. The van der Waals surface area contributed by atoms with Crippen LogP contribution in [0.3, 0.4) is 0 Å². The van der Waals surface area contributed by atoms with Gasteiger partial charge in [0.15, 0.2) is 17.1 Å². The van der Waals surface area contributed by atoms with Crippen molar-refractivity contribution < 1.29 is 23.9 Å². The molecule has 7 heteroatoms. The number of hydrogen-bond donors (Lipinski definition) is 0. The lowest BCUT2D eigenvalue weighted by Crippen LogP contribution is -2.64. The SMILES string of the molecule is COO[C@]1(C)c2oncc2C[C@]2(C)C3=CC(=O)[C@@H]4[C@@H]5CC(C)(C)C[C@@H](N=C=O)C5CC[C@@]4(C)[C@]3(C)CC[C@H]21. The van der Waals surface area contributed by atoms with Crippen LogP contribution in [0.5, 0.6) is 0 Å². The standard InChI is InChI=1S/C31H42N2O5/c1-27(2)14-20-19(21(15-27)32-17-34)8-10-30(5)25(20)22(35)12-24-28(3)13-18-16-33-37-26(18)31(6,38-36-7)23(28)9-11-29(24,30)4/h12,16,19-21,23,25H,8-11,13-15H2,1-7H3/t19?,20-,21-,23-,25+,28+,29-,30-,31+/m1/s1. The van der Waals surface area contributed by atoms with Gasteiger partial charge in [0.05, 0.1) is 19.3 Å². The molecule has 38 heavy (non-hydrogen) atoms. The van der Waals surface area contributed by atoms with Crippen molar-refractivity contribution in [2.75, 3.05) is 7.11 Å². The smallest absolute Gasteiger partial charge is 0.235 e. The van der Waals surface area contributed by atoms with Gasteiger partial charge in [0.2, 0.25) is 6.08 Å². The van der Waals surface area contributed by atoms with Gasteiger partial charge in [0, 0.05) is 17.4 Å². The van der Waals surface area contributed by atoms with E-state index in [4.69, 9.17) is 14.3 Å². The lowest BCUT2D eigenvalue weighted by molar-refractivity contribution is -0.375. The van der Waals surface area contributed by atoms with Crippen LogP contribution in [0.15, 0.2) is 27.4 Å². The second-order valence-corrected chi connectivity index (χ2v) is 14.6. The first kappa shape index (κ1) is 26.2. The first-order chi connectivity index (χ1) is 17.8. The highest BCUT2D eigenvalue weighted by Crippen LogP contribution is 2.73. The van der Waals surface area contributed by atoms with Gasteiger partial charge in [-0.2, -0.15) is 0 Å². The van der Waals surface area contributed by atoms with Crippen molar-refractivity contribution in [3.05, 3.63) is 29.2 Å². The van der Waals surface area contributed by atoms with Crippen molar-refractivity contribution in [3.8, 4) is 0 Å². The Morgan fingerprint density at radius 1 is 1.08 bits per heavy atom. The molecule has 3 saturated carbocycles. The fourth-order valence-corrected chi connectivity index (χ4v) is 10.7. The molecule has 0 aromatic carbocycles. The van der Waals surface area contributed by atoms with Crippen molar-refractivity contribution in [2.24, 2.45) is 50.3 Å². The number of rotatable bonds is 3. The Hall–Kier alpha value is -2.08. The Morgan fingerprint density at radius 3 is 2.55 bits per heavy atom. The molecule has 0 N–H and O–H groups in total. The number of allylic oxidation sites excluding steroid dienone is 2. The monoisotopic (exact) mass is 522 g/mol. The van der Waals surface area contributed by atoms with E-state index in [2.05, 4.69) is 44.8 Å². The van der Waals surface area contributed by atoms with Crippen molar-refractivity contribution in [2.45, 2.75) is 98.1 Å². The molecule has 0 saturated heterocycles. The number of hydrogen-bond acceptors (Lipinski definition) is 7. The molecule has 6 rings (SSSR count). The molecule has 5 aliphatic rings. The molecule has 0 spiro atoms. The van der Waals surface area contributed by atoms with Crippen LogP contribution in [-0.4, -0.2) is 30.2 Å². The highest BCUT2D eigenvalue weighted by Gasteiger charge is 2.69. The molecule has 0 aliphatic heterocycles. The quantitative estimate of drug-likeness (QED) is 0.205. The van der Waals surface area contributed by atoms with Crippen molar-refractivity contribution in [1.82, 2.24) is 5.16 Å². The summed E-state index contributed by atoms with van der Waals surface area (Å²) >= 11 is 0. The molecule has 1 aromatic rings. The average Bonchev–Trinajstić information content (AvgIpc) is 3.29. The van der Waals surface area contributed by atoms with Gasteiger partial charge in [-0.15, -0.1) is 0 Å². The third-order valence-corrected chi connectivity index (χ3v) is 12.3. The van der Waals surface area contributed by atoms with Gasteiger partial charge in [-0.1, -0.05) is 45.3 Å². The highest BCUT2D eigenvalue weighted by atomic mass is 17.2. The van der Waals surface area contributed by atoms with Crippen LogP contribution >= 0.6 is 0 Å². The summed E-state index contributed by atoms with van der Waals surface area (Å²) in [5.74, 6) is 1.52. The van der Waals surface area contributed by atoms with E-state index in [0.29, 0.717) is 0 Å². The molecular weight excluding hydrogens is 480 g/mol. The fraction of sp³-hybridized carbons (Fsp3) is 0.774. The third-order valence-electron chi connectivity index (χ3n) is 12.3. The summed E-state index contributed by atoms with van der Waals surface area (Å²) in [6.07, 6.45) is 12.2. The Labute approximate surface area is 225 Å². The Morgan fingerprint density at radius 2 is 1.84 bits per heavy atom. The zero-order valence-electron chi connectivity index (χ0n) is 23.9. The number of nitrogens with zero attached hydrogens (tertiary/aromatic N) is 2. The van der Waals surface area contributed by atoms with Crippen molar-refractivity contribution >= 4 is 11.9 Å². The van der Waals surface area contributed by atoms with Gasteiger partial charge in [0.1, 0.15) is 0 Å². The first-order valence-electron chi connectivity index (χ1n) is 14.3. The number of carbonyl (C=O) groups excluding carboxylic acids is 2. The zero-order chi connectivity index (χ0) is 27.3. The Bertz CT molecular complexity index is 1240. The summed E-state index contributed by atoms with van der Waals surface area (Å²) in [5.41, 5.74) is 0.943. The molecule has 0 bridgehead atoms. The number of fused-ring (bicyclic) bond motifs is 8. The van der Waals surface area contributed by atoms with Crippen LogP contribution in [0.2, 0.25) is 0 Å². The zero-order valence-corrected chi connectivity index (χ0v) is 23.9. The maximum Gasteiger partial charge on any atom is 0.235 e. The van der Waals surface area contributed by atoms with Crippen LogP contribution in [0, 0.1) is 45.3 Å². The minimum Gasteiger partial charge on any atom is -0.358 e. The molecule has 3 fully saturated rings. The number of aromatic nitrogens is 1. The average molecular weight is 523 g/mol. The van der Waals surface area contributed by atoms with E-state index in [9.17, 15) is 9.59 Å². The minimum absolute atomic E-state index is 0.0343. The van der Waals surface area contributed by atoms with Crippen LogP contribution in [0.4, 0.5) is 0 Å². The molecule has 1 heterocycles. The van der Waals surface area contributed by atoms with Crippen LogP contribution in [0.25, 0.3) is 0 Å². The highest BCUT2D eigenvalue weighted by molar-refractivity contribution is 5.95. The molecule has 0 amide bonds. The predicted molar refractivity (Wildman–Crippen MR) is 140 cm³/mol. The lowest BCUT2D eigenvalue weighted by Gasteiger charge is -2.68. The van der Waals surface area contributed by atoms with E-state index in [0.717, 1.165) is 56.3 Å². The Kier molecular flexibility index (Phi) is 5.66. The van der Waals surface area contributed by atoms with E-state index in [1.165, 1.54) is 5.57 Å². The topological polar surface area (TPSA) is 91.0 Å². The number of carbonyl (C=O) groups is 1. The summed E-state index contributed by atoms with van der Waals surface area (Å²) in [6, 6.07) is -0.0395. The van der Waals surface area contributed by atoms with Gasteiger partial charge >= 0.3 is 0 Å². The second kappa shape index (κ2) is 8.22. The molecule has 206 valence electrons. The number of ketones is 1. The van der Waals surface area contributed by atoms with E-state index in [-0.39, 0.29) is 57.2 Å². The van der Waals surface area contributed by atoms with Gasteiger partial charge in [-0.25, -0.2) is 19.6 Å². The normalized spacial score (nSPS) is 46.9. The molecule has 1 unspecified atom stereocenters. The van der Waals surface area contributed by atoms with Crippen molar-refractivity contribution in [1.29, 1.82) is 0 Å². The van der Waals surface area contributed by atoms with E-state index in [1.54, 1.807) is 13.3 Å². The molecule has 5 aliphatic carbocycles. The number of isocyanates is 1. The maximum atomic E-state index is 14.4. The first-order valence-corrected chi connectivity index (χ1v) is 14.3. The van der Waals surface area contributed by atoms with E-state index < -0.39 is 5.60 Å². The molecular formula is C31H42N2O5. The Balaban J connectivity index is 1.48. The van der Waals surface area contributed by atoms with Gasteiger partial charge < -0.3 is 4.52 Å². The summed E-state index contributed by atoms with van der Waals surface area (Å²) in [6.45, 7) is 13.7. The van der Waals surface area contributed by atoms with Crippen LogP contribution in [0.1, 0.15) is 91.4 Å². The second-order valence-electron chi connectivity index (χ2n) is 14.6. The van der Waals surface area contributed by atoms with Gasteiger partial charge in [-0.3, -0.25) is 4.79 Å². The maximum absolute atomic E-state index is 14.4. The summed E-state index contributed by atoms with van der Waals surface area (Å²) in [4.78, 5) is 41.3. The third kappa shape index (κ3) is 3.22. The summed E-state index contributed by atoms with van der Waals surface area (Å²) in [7, 11) is 1.54. The molecule has 9 atom stereocenters. The number of aliphatic imine (C=N–C) groups is 1. The van der Waals surface area contributed by atoms with E-state index >= 15 is 0 Å². The van der Waals surface area contributed by atoms with Gasteiger partial charge in [-0.05, 0) is 91.4 Å². The van der Waals surface area contributed by atoms with Crippen LogP contribution < -0.4 is 0 Å². The summed E-state index contributed by atoms with van der Waals surface area (Å²) < 4.78 is 5.74. The van der Waals surface area contributed by atoms with Crippen molar-refractivity contribution in [3.63, 3.8) is 0 Å². The largest absolute Gasteiger partial charge is 0.358 e. The molecule has 1 aromatic heterocycles. The fourth-order valence-electron chi connectivity index (χ4n) is 10.7. The van der Waals surface area contributed by atoms with Crippen LogP contribution in [-0.2, 0) is 31.4 Å².